The highest BCUT2D eigenvalue weighted by Crippen LogP contribution is 2.29. The minimum Gasteiger partial charge on any atom is -0.487 e. The summed E-state index contributed by atoms with van der Waals surface area (Å²) in [6, 6.07) is 7.06. The van der Waals surface area contributed by atoms with Crippen LogP contribution in [-0.2, 0) is 0 Å². The number of rotatable bonds is 5. The molecule has 0 aliphatic rings. The van der Waals surface area contributed by atoms with Gasteiger partial charge in [0.2, 0.25) is 0 Å². The third-order valence-corrected chi connectivity index (χ3v) is 3.21. The Morgan fingerprint density at radius 1 is 1.36 bits per heavy atom. The monoisotopic (exact) mass is 366 g/mol. The molecule has 0 fully saturated rings. The molecule has 2 rings (SSSR count). The van der Waals surface area contributed by atoms with Crippen LogP contribution in [-0.4, -0.2) is 22.5 Å². The number of nitrogens with zero attached hydrogens (tertiary/aromatic N) is 2. The Morgan fingerprint density at radius 2 is 2.14 bits per heavy atom. The van der Waals surface area contributed by atoms with Crippen molar-refractivity contribution in [2.75, 3.05) is 6.61 Å². The number of ether oxygens (including phenoxy) is 2. The molecular weight excluding hydrogens is 356 g/mol. The fraction of sp³-hybridized carbons (Fsp3) is 0.143. The van der Waals surface area contributed by atoms with Gasteiger partial charge in [0.25, 0.3) is 0 Å². The summed E-state index contributed by atoms with van der Waals surface area (Å²) in [7, 11) is 0. The molecule has 0 N–H and O–H groups in total. The first-order chi connectivity index (χ1) is 10.5. The van der Waals surface area contributed by atoms with Gasteiger partial charge in [-0.15, -0.1) is 0 Å². The minimum atomic E-state index is -0.722. The fourth-order valence-electron chi connectivity index (χ4n) is 1.67. The number of halogens is 1. The van der Waals surface area contributed by atoms with Crippen LogP contribution in [0, 0.1) is 10.1 Å². The molecule has 1 heterocycles. The Morgan fingerprint density at radius 3 is 2.77 bits per heavy atom. The average molecular weight is 367 g/mol. The Kier molecular flexibility index (Phi) is 5.05. The summed E-state index contributed by atoms with van der Waals surface area (Å²) in [4.78, 5) is 26.4. The van der Waals surface area contributed by atoms with E-state index in [1.54, 1.807) is 19.1 Å². The number of aromatic nitrogens is 1. The van der Waals surface area contributed by atoms with E-state index in [0.29, 0.717) is 4.60 Å². The zero-order valence-corrected chi connectivity index (χ0v) is 13.1. The second-order valence-electron chi connectivity index (χ2n) is 4.05. The molecule has 0 atom stereocenters. The van der Waals surface area contributed by atoms with Crippen LogP contribution in [0.5, 0.6) is 11.5 Å². The van der Waals surface area contributed by atoms with Crippen LogP contribution in [0.25, 0.3) is 0 Å². The Bertz CT molecular complexity index is 720. The molecular formula is C14H11BrN2O5. The van der Waals surface area contributed by atoms with E-state index < -0.39 is 10.9 Å². The van der Waals surface area contributed by atoms with Gasteiger partial charge in [0.15, 0.2) is 11.5 Å². The lowest BCUT2D eigenvalue weighted by Gasteiger charge is -2.07. The van der Waals surface area contributed by atoms with Gasteiger partial charge in [0.1, 0.15) is 4.60 Å². The zero-order valence-electron chi connectivity index (χ0n) is 11.5. The summed E-state index contributed by atoms with van der Waals surface area (Å²) in [6.07, 6.45) is 1.53. The van der Waals surface area contributed by atoms with E-state index in [2.05, 4.69) is 20.9 Å². The van der Waals surface area contributed by atoms with Crippen LogP contribution < -0.4 is 9.47 Å². The van der Waals surface area contributed by atoms with Gasteiger partial charge < -0.3 is 9.47 Å². The lowest BCUT2D eigenvalue weighted by atomic mass is 10.2. The van der Waals surface area contributed by atoms with Gasteiger partial charge in [-0.25, -0.2) is 9.78 Å². The van der Waals surface area contributed by atoms with Gasteiger partial charge in [0, 0.05) is 12.3 Å². The smallest absolute Gasteiger partial charge is 0.343 e. The van der Waals surface area contributed by atoms with Gasteiger partial charge >= 0.3 is 11.7 Å². The zero-order chi connectivity index (χ0) is 16.1. The minimum absolute atomic E-state index is 0.0471. The Hall–Kier alpha value is -2.48. The molecule has 0 aliphatic heterocycles. The molecule has 1 aromatic heterocycles. The highest BCUT2D eigenvalue weighted by atomic mass is 79.9. The molecule has 2 aromatic rings. The van der Waals surface area contributed by atoms with Crippen molar-refractivity contribution in [1.29, 1.82) is 0 Å². The quantitative estimate of drug-likeness (QED) is 0.348. The van der Waals surface area contributed by atoms with Crippen molar-refractivity contribution >= 4 is 27.6 Å². The lowest BCUT2D eigenvalue weighted by molar-refractivity contribution is -0.385. The molecule has 1 aromatic carbocycles. The Labute approximate surface area is 134 Å². The number of esters is 1. The average Bonchev–Trinajstić information content (AvgIpc) is 2.50. The third-order valence-electron chi connectivity index (χ3n) is 2.62. The van der Waals surface area contributed by atoms with Crippen molar-refractivity contribution in [3.8, 4) is 11.5 Å². The van der Waals surface area contributed by atoms with E-state index in [4.69, 9.17) is 9.47 Å². The highest BCUT2D eigenvalue weighted by molar-refractivity contribution is 9.10. The largest absolute Gasteiger partial charge is 0.487 e. The standard InChI is InChI=1S/C14H11BrN2O5/c1-2-21-11-6-5-9(8-10(11)17(19)20)14(18)22-12-4-3-7-16-13(12)15/h3-8H,2H2,1H3. The molecule has 0 amide bonds. The molecule has 7 nitrogen and oxygen atoms in total. The van der Waals surface area contributed by atoms with Gasteiger partial charge in [-0.3, -0.25) is 10.1 Å². The van der Waals surface area contributed by atoms with Crippen molar-refractivity contribution < 1.29 is 19.2 Å². The molecule has 0 unspecified atom stereocenters. The topological polar surface area (TPSA) is 91.6 Å². The van der Waals surface area contributed by atoms with Crippen LogP contribution in [0.4, 0.5) is 5.69 Å². The highest BCUT2D eigenvalue weighted by Gasteiger charge is 2.20. The lowest BCUT2D eigenvalue weighted by Crippen LogP contribution is -2.10. The number of hydrogen-bond acceptors (Lipinski definition) is 6. The number of pyridine rings is 1. The van der Waals surface area contributed by atoms with E-state index in [9.17, 15) is 14.9 Å². The molecule has 0 bridgehead atoms. The molecule has 22 heavy (non-hydrogen) atoms. The predicted molar refractivity (Wildman–Crippen MR) is 81.2 cm³/mol. The van der Waals surface area contributed by atoms with Gasteiger partial charge in [-0.1, -0.05) is 0 Å². The van der Waals surface area contributed by atoms with E-state index in [-0.39, 0.29) is 29.4 Å². The Balaban J connectivity index is 2.28. The van der Waals surface area contributed by atoms with E-state index >= 15 is 0 Å². The SMILES string of the molecule is CCOc1ccc(C(=O)Oc2cccnc2Br)cc1[N+](=O)[O-]. The van der Waals surface area contributed by atoms with Crippen LogP contribution in [0.15, 0.2) is 41.1 Å². The molecule has 114 valence electrons. The van der Waals surface area contributed by atoms with E-state index in [0.717, 1.165) is 6.07 Å². The van der Waals surface area contributed by atoms with Crippen LogP contribution in [0.2, 0.25) is 0 Å². The number of carbonyl (C=O) groups excluding carboxylic acids is 1. The van der Waals surface area contributed by atoms with Crippen molar-refractivity contribution in [2.24, 2.45) is 0 Å². The summed E-state index contributed by atoms with van der Waals surface area (Å²) in [5.41, 5.74) is -0.243. The van der Waals surface area contributed by atoms with Crippen LogP contribution in [0.3, 0.4) is 0 Å². The first-order valence-electron chi connectivity index (χ1n) is 6.27. The van der Waals surface area contributed by atoms with E-state index in [1.165, 1.54) is 18.3 Å². The molecule has 0 saturated heterocycles. The fourth-order valence-corrected chi connectivity index (χ4v) is 2.00. The molecule has 0 aliphatic carbocycles. The maximum Gasteiger partial charge on any atom is 0.343 e. The van der Waals surface area contributed by atoms with Crippen molar-refractivity contribution in [1.82, 2.24) is 4.98 Å². The second kappa shape index (κ2) is 6.99. The van der Waals surface area contributed by atoms with Crippen molar-refractivity contribution in [3.05, 3.63) is 56.8 Å². The number of hydrogen-bond donors (Lipinski definition) is 0. The predicted octanol–water partition coefficient (Wildman–Crippen LogP) is 3.37. The van der Waals surface area contributed by atoms with Crippen LogP contribution >= 0.6 is 15.9 Å². The summed E-state index contributed by atoms with van der Waals surface area (Å²) >= 11 is 3.15. The normalized spacial score (nSPS) is 10.1. The summed E-state index contributed by atoms with van der Waals surface area (Å²) in [5.74, 6) is -0.393. The molecule has 0 radical (unpaired) electrons. The van der Waals surface area contributed by atoms with Gasteiger partial charge in [-0.05, 0) is 47.1 Å². The molecule has 0 saturated carbocycles. The van der Waals surface area contributed by atoms with Crippen LogP contribution in [0.1, 0.15) is 17.3 Å². The molecule has 8 heteroatoms. The first kappa shape index (κ1) is 15.9. The van der Waals surface area contributed by atoms with Crippen molar-refractivity contribution in [3.63, 3.8) is 0 Å². The van der Waals surface area contributed by atoms with Gasteiger partial charge in [0.05, 0.1) is 17.1 Å². The second-order valence-corrected chi connectivity index (χ2v) is 4.81. The number of carbonyl (C=O) groups is 1. The van der Waals surface area contributed by atoms with E-state index in [1.807, 2.05) is 0 Å². The summed E-state index contributed by atoms with van der Waals surface area (Å²) < 4.78 is 10.7. The summed E-state index contributed by atoms with van der Waals surface area (Å²) in [5, 5.41) is 11.0. The molecule has 0 spiro atoms. The first-order valence-corrected chi connectivity index (χ1v) is 7.06. The van der Waals surface area contributed by atoms with Gasteiger partial charge in [-0.2, -0.15) is 0 Å². The van der Waals surface area contributed by atoms with Crippen molar-refractivity contribution in [2.45, 2.75) is 6.92 Å². The third kappa shape index (κ3) is 3.59. The number of nitro groups is 1. The summed E-state index contributed by atoms with van der Waals surface area (Å²) in [6.45, 7) is 2.00. The maximum absolute atomic E-state index is 12.1. The number of nitro benzene ring substituents is 1. The number of benzene rings is 1. The maximum atomic E-state index is 12.1.